The Morgan fingerprint density at radius 1 is 0.829 bits per heavy atom. The van der Waals surface area contributed by atoms with E-state index in [-0.39, 0.29) is 6.42 Å². The molecule has 1 aliphatic rings. The van der Waals surface area contributed by atoms with Gasteiger partial charge in [-0.1, -0.05) is 56.3 Å². The van der Waals surface area contributed by atoms with Crippen molar-refractivity contribution in [2.75, 3.05) is 0 Å². The quantitative estimate of drug-likeness (QED) is 0.183. The number of aromatic nitrogens is 1. The fraction of sp³-hybridized carbons (Fsp3) is 0.233. The second-order valence-electron chi connectivity index (χ2n) is 10.3. The lowest BCUT2D eigenvalue weighted by atomic mass is 9.84. The van der Waals surface area contributed by atoms with Gasteiger partial charge in [0, 0.05) is 11.5 Å². The molecule has 5 heteroatoms. The Morgan fingerprint density at radius 3 is 2.31 bits per heavy atom. The van der Waals surface area contributed by atoms with Crippen LogP contribution in [0.3, 0.4) is 0 Å². The molecule has 0 aliphatic carbocycles. The number of hydrogen-bond donors (Lipinski definition) is 0. The second-order valence-corrected chi connectivity index (χ2v) is 10.3. The molecule has 0 saturated carbocycles. The molecular formula is C30H25F3NO+. The average molecular weight is 473 g/mol. The van der Waals surface area contributed by atoms with Crippen molar-refractivity contribution in [2.45, 2.75) is 33.4 Å². The van der Waals surface area contributed by atoms with Crippen LogP contribution < -0.4 is 9.30 Å². The summed E-state index contributed by atoms with van der Waals surface area (Å²) in [5.41, 5.74) is 2.12. The topological polar surface area (TPSA) is 13.1 Å². The number of pyridine rings is 1. The lowest BCUT2D eigenvalue weighted by Crippen LogP contribution is -2.34. The maximum atomic E-state index is 13.6. The number of nitrogens with zero attached hydrogens (tertiary/aromatic N) is 1. The highest BCUT2D eigenvalue weighted by atomic mass is 19.4. The molecule has 35 heavy (non-hydrogen) atoms. The third-order valence-corrected chi connectivity index (χ3v) is 7.41. The molecule has 5 aromatic rings. The van der Waals surface area contributed by atoms with Crippen LogP contribution >= 0.6 is 0 Å². The first kappa shape index (κ1) is 21.9. The first-order valence-corrected chi connectivity index (χ1v) is 11.7. The number of halogens is 3. The van der Waals surface area contributed by atoms with Crippen molar-refractivity contribution in [1.29, 1.82) is 0 Å². The lowest BCUT2D eigenvalue weighted by molar-refractivity contribution is -0.659. The van der Waals surface area contributed by atoms with Crippen molar-refractivity contribution < 1.29 is 22.5 Å². The SMILES string of the molecule is Cc1c2c(cc3ccccc13)Oc1cc3ccc(CC(C)(C)C(F)(F)F)cc3c3cc[n+](C)c-2c13. The number of alkyl halides is 3. The highest BCUT2D eigenvalue weighted by Crippen LogP contribution is 2.50. The molecule has 0 N–H and O–H groups in total. The largest absolute Gasteiger partial charge is 0.456 e. The van der Waals surface area contributed by atoms with Gasteiger partial charge in [-0.2, -0.15) is 13.2 Å². The highest BCUT2D eigenvalue weighted by Gasteiger charge is 2.47. The lowest BCUT2D eigenvalue weighted by Gasteiger charge is -2.28. The summed E-state index contributed by atoms with van der Waals surface area (Å²) < 4.78 is 49.3. The minimum Gasteiger partial charge on any atom is -0.456 e. The van der Waals surface area contributed by atoms with Gasteiger partial charge >= 0.3 is 6.18 Å². The number of rotatable bonds is 2. The fourth-order valence-electron chi connectivity index (χ4n) is 5.39. The monoisotopic (exact) mass is 472 g/mol. The summed E-state index contributed by atoms with van der Waals surface area (Å²) in [6.45, 7) is 4.63. The van der Waals surface area contributed by atoms with E-state index in [9.17, 15) is 13.2 Å². The van der Waals surface area contributed by atoms with Crippen LogP contribution in [0.2, 0.25) is 0 Å². The third kappa shape index (κ3) is 3.21. The van der Waals surface area contributed by atoms with Gasteiger partial charge < -0.3 is 4.74 Å². The Balaban J connectivity index is 1.63. The smallest absolute Gasteiger partial charge is 0.394 e. The zero-order valence-corrected chi connectivity index (χ0v) is 20.0. The van der Waals surface area contributed by atoms with Crippen molar-refractivity contribution >= 4 is 32.3 Å². The molecule has 0 amide bonds. The van der Waals surface area contributed by atoms with Gasteiger partial charge in [-0.25, -0.2) is 4.57 Å². The van der Waals surface area contributed by atoms with E-state index in [2.05, 4.69) is 29.7 Å². The van der Waals surface area contributed by atoms with Gasteiger partial charge in [-0.3, -0.25) is 0 Å². The van der Waals surface area contributed by atoms with Crippen LogP contribution in [-0.4, -0.2) is 6.18 Å². The Bertz CT molecular complexity index is 1680. The van der Waals surface area contributed by atoms with Crippen LogP contribution in [-0.2, 0) is 13.5 Å². The number of fused-ring (bicyclic) bond motifs is 5. The molecule has 6 rings (SSSR count). The van der Waals surface area contributed by atoms with Crippen LogP contribution in [0.15, 0.2) is 66.9 Å². The summed E-state index contributed by atoms with van der Waals surface area (Å²) in [5, 5.41) is 6.15. The molecule has 0 unspecified atom stereocenters. The zero-order valence-electron chi connectivity index (χ0n) is 20.0. The van der Waals surface area contributed by atoms with Crippen molar-refractivity contribution in [1.82, 2.24) is 0 Å². The van der Waals surface area contributed by atoms with Crippen LogP contribution in [0.25, 0.3) is 43.6 Å². The molecule has 0 fully saturated rings. The molecule has 1 aliphatic heterocycles. The van der Waals surface area contributed by atoms with Crippen molar-refractivity contribution in [3.8, 4) is 22.8 Å². The minimum absolute atomic E-state index is 0.0758. The third-order valence-electron chi connectivity index (χ3n) is 7.41. The number of benzene rings is 4. The van der Waals surface area contributed by atoms with Crippen LogP contribution in [0.4, 0.5) is 13.2 Å². The Kier molecular flexibility index (Phi) is 4.51. The number of hydrogen-bond acceptors (Lipinski definition) is 1. The molecule has 0 bridgehead atoms. The first-order chi connectivity index (χ1) is 16.5. The van der Waals surface area contributed by atoms with Gasteiger partial charge in [-0.15, -0.1) is 0 Å². The Hall–Kier alpha value is -3.60. The van der Waals surface area contributed by atoms with Crippen molar-refractivity contribution in [3.63, 3.8) is 0 Å². The first-order valence-electron chi connectivity index (χ1n) is 11.7. The van der Waals surface area contributed by atoms with Gasteiger partial charge in [0.1, 0.15) is 18.5 Å². The van der Waals surface area contributed by atoms with E-state index in [1.165, 1.54) is 19.2 Å². The highest BCUT2D eigenvalue weighted by molar-refractivity contribution is 6.16. The molecule has 0 radical (unpaired) electrons. The van der Waals surface area contributed by atoms with Crippen molar-refractivity contribution in [3.05, 3.63) is 78.0 Å². The molecule has 2 heterocycles. The number of aryl methyl sites for hydroxylation is 2. The predicted molar refractivity (Wildman–Crippen MR) is 134 cm³/mol. The van der Waals surface area contributed by atoms with Gasteiger partial charge in [0.05, 0.1) is 16.4 Å². The molecule has 4 aromatic carbocycles. The van der Waals surface area contributed by atoms with Crippen LogP contribution in [0.1, 0.15) is 25.0 Å². The van der Waals surface area contributed by atoms with E-state index in [4.69, 9.17) is 4.74 Å². The maximum absolute atomic E-state index is 13.6. The molecular weight excluding hydrogens is 447 g/mol. The minimum atomic E-state index is -4.27. The summed E-state index contributed by atoms with van der Waals surface area (Å²) in [4.78, 5) is 0. The van der Waals surface area contributed by atoms with Gasteiger partial charge in [0.25, 0.3) is 0 Å². The van der Waals surface area contributed by atoms with E-state index in [1.807, 2.05) is 49.6 Å². The van der Waals surface area contributed by atoms with Crippen LogP contribution in [0, 0.1) is 12.3 Å². The van der Waals surface area contributed by atoms with Gasteiger partial charge in [-0.05, 0) is 58.1 Å². The molecule has 176 valence electrons. The molecule has 0 atom stereocenters. The standard InChI is InChI=1S/C30H25F3NO/c1-17-21-8-6-5-7-19(21)14-24-26(17)28-27-22(11-12-34(28)4)23-13-18(16-29(2,3)30(31,32)33)9-10-20(23)15-25(27)35-24/h5-15H,16H2,1-4H3/q+1. The van der Waals surface area contributed by atoms with Gasteiger partial charge in [0.15, 0.2) is 6.20 Å². The van der Waals surface area contributed by atoms with E-state index >= 15 is 0 Å². The van der Waals surface area contributed by atoms with Crippen molar-refractivity contribution in [2.24, 2.45) is 12.5 Å². The fourth-order valence-corrected chi connectivity index (χ4v) is 5.39. The summed E-state index contributed by atoms with van der Waals surface area (Å²) >= 11 is 0. The Labute approximate surface area is 201 Å². The summed E-state index contributed by atoms with van der Waals surface area (Å²) in [6.07, 6.45) is -2.32. The number of ether oxygens (including phenoxy) is 1. The molecule has 2 nitrogen and oxygen atoms in total. The van der Waals surface area contributed by atoms with E-state index in [0.29, 0.717) is 5.56 Å². The molecule has 0 spiro atoms. The summed E-state index contributed by atoms with van der Waals surface area (Å²) in [7, 11) is 2.02. The maximum Gasteiger partial charge on any atom is 0.394 e. The van der Waals surface area contributed by atoms with E-state index in [1.54, 1.807) is 6.07 Å². The summed E-state index contributed by atoms with van der Waals surface area (Å²) in [5.74, 6) is 1.59. The molecule has 1 aromatic heterocycles. The summed E-state index contributed by atoms with van der Waals surface area (Å²) in [6, 6.07) is 20.0. The molecule has 0 saturated heterocycles. The second kappa shape index (κ2) is 7.20. The van der Waals surface area contributed by atoms with Gasteiger partial charge in [0.2, 0.25) is 5.69 Å². The Morgan fingerprint density at radius 2 is 1.54 bits per heavy atom. The zero-order chi connectivity index (χ0) is 24.7. The normalized spacial score (nSPS) is 13.3. The predicted octanol–water partition coefficient (Wildman–Crippen LogP) is 8.18. The van der Waals surface area contributed by atoms with E-state index in [0.717, 1.165) is 55.3 Å². The van der Waals surface area contributed by atoms with Crippen LogP contribution in [0.5, 0.6) is 11.5 Å². The van der Waals surface area contributed by atoms with E-state index < -0.39 is 11.6 Å². The average Bonchev–Trinajstić information content (AvgIpc) is 2.79.